The highest BCUT2D eigenvalue weighted by Crippen LogP contribution is 2.28. The van der Waals surface area contributed by atoms with Crippen molar-refractivity contribution in [2.45, 2.75) is 19.6 Å². The molecule has 3 aromatic rings. The highest BCUT2D eigenvalue weighted by atomic mass is 19.4. The Hall–Kier alpha value is -2.91. The molecule has 10 heteroatoms. The molecule has 1 aliphatic rings. The third-order valence-electron chi connectivity index (χ3n) is 4.34. The topological polar surface area (TPSA) is 68.3 Å². The smallest absolute Gasteiger partial charge is 0.354 e. The van der Waals surface area contributed by atoms with Gasteiger partial charge >= 0.3 is 6.18 Å². The Morgan fingerprint density at radius 3 is 2.73 bits per heavy atom. The molecular weight excluding hydrogens is 349 g/mol. The maximum atomic E-state index is 12.8. The van der Waals surface area contributed by atoms with E-state index in [9.17, 15) is 18.0 Å². The van der Waals surface area contributed by atoms with Crippen LogP contribution in [0.2, 0.25) is 0 Å². The molecule has 26 heavy (non-hydrogen) atoms. The summed E-state index contributed by atoms with van der Waals surface area (Å²) in [6.07, 6.45) is -1.16. The number of fused-ring (bicyclic) bond motifs is 1. The molecular formula is C16H15F3N6O. The molecule has 0 spiro atoms. The Balaban J connectivity index is 1.50. The average molecular weight is 364 g/mol. The number of nitrogens with zero attached hydrogens (tertiary/aromatic N) is 6. The molecule has 4 heterocycles. The van der Waals surface area contributed by atoms with E-state index >= 15 is 0 Å². The van der Waals surface area contributed by atoms with Crippen molar-refractivity contribution in [1.29, 1.82) is 0 Å². The summed E-state index contributed by atoms with van der Waals surface area (Å²) in [5.41, 5.74) is 0.145. The first-order valence-corrected chi connectivity index (χ1v) is 8.02. The number of rotatable bonds is 3. The highest BCUT2D eigenvalue weighted by molar-refractivity contribution is 5.69. The minimum atomic E-state index is -4.57. The molecule has 3 aromatic heterocycles. The fourth-order valence-corrected chi connectivity index (χ4v) is 3.11. The third kappa shape index (κ3) is 2.91. The van der Waals surface area contributed by atoms with Crippen LogP contribution in [0.4, 0.5) is 19.0 Å². The Morgan fingerprint density at radius 1 is 1.23 bits per heavy atom. The monoisotopic (exact) mass is 364 g/mol. The van der Waals surface area contributed by atoms with Gasteiger partial charge in [-0.15, -0.1) is 0 Å². The fourth-order valence-electron chi connectivity index (χ4n) is 3.11. The summed E-state index contributed by atoms with van der Waals surface area (Å²) in [7, 11) is 0. The summed E-state index contributed by atoms with van der Waals surface area (Å²) in [5, 5.41) is 7.78. The molecule has 1 saturated heterocycles. The van der Waals surface area contributed by atoms with Crippen LogP contribution in [0.25, 0.3) is 5.52 Å². The fraction of sp³-hybridized carbons (Fsp3) is 0.375. The summed E-state index contributed by atoms with van der Waals surface area (Å²) < 4.78 is 40.9. The lowest BCUT2D eigenvalue weighted by Gasteiger charge is -2.40. The molecule has 7 nitrogen and oxygen atoms in total. The summed E-state index contributed by atoms with van der Waals surface area (Å²) in [5.74, 6) is 0.795. The lowest BCUT2D eigenvalue weighted by molar-refractivity contribution is -0.142. The van der Waals surface area contributed by atoms with Gasteiger partial charge in [0, 0.05) is 37.5 Å². The van der Waals surface area contributed by atoms with Crippen LogP contribution in [0.1, 0.15) is 11.4 Å². The van der Waals surface area contributed by atoms with E-state index < -0.39 is 17.4 Å². The van der Waals surface area contributed by atoms with Gasteiger partial charge in [0.2, 0.25) is 0 Å². The highest BCUT2D eigenvalue weighted by Gasteiger charge is 2.34. The van der Waals surface area contributed by atoms with Gasteiger partial charge in [-0.3, -0.25) is 4.79 Å². The maximum Gasteiger partial charge on any atom is 0.435 e. The van der Waals surface area contributed by atoms with E-state index in [-0.39, 0.29) is 12.5 Å². The first-order chi connectivity index (χ1) is 12.3. The second-order valence-corrected chi connectivity index (χ2v) is 6.37. The van der Waals surface area contributed by atoms with Crippen molar-refractivity contribution in [1.82, 2.24) is 24.4 Å². The van der Waals surface area contributed by atoms with Crippen LogP contribution in [-0.4, -0.2) is 37.5 Å². The molecule has 0 radical (unpaired) electrons. The van der Waals surface area contributed by atoms with Crippen LogP contribution in [0.3, 0.4) is 0 Å². The standard InChI is InChI=1S/C16H15F3N6O/c1-10-6-12-15(20-4-5-24(12)21-10)23-7-11(8-23)9-25-14(26)3-2-13(22-25)16(17,18)19/h2-6,11H,7-9H2,1H3. The van der Waals surface area contributed by atoms with Crippen LogP contribution in [0.15, 0.2) is 35.4 Å². The third-order valence-corrected chi connectivity index (χ3v) is 4.34. The number of aryl methyl sites for hydroxylation is 1. The van der Waals surface area contributed by atoms with Gasteiger partial charge in [-0.2, -0.15) is 23.4 Å². The molecule has 0 amide bonds. The van der Waals surface area contributed by atoms with E-state index in [0.717, 1.165) is 27.8 Å². The molecule has 0 atom stereocenters. The molecule has 0 saturated carbocycles. The molecule has 0 aromatic carbocycles. The van der Waals surface area contributed by atoms with E-state index in [4.69, 9.17) is 0 Å². The van der Waals surface area contributed by atoms with Gasteiger partial charge in [0.05, 0.1) is 12.2 Å². The van der Waals surface area contributed by atoms with Crippen LogP contribution in [0.5, 0.6) is 0 Å². The average Bonchev–Trinajstić information content (AvgIpc) is 2.91. The number of alkyl halides is 3. The second kappa shape index (κ2) is 5.82. The quantitative estimate of drug-likeness (QED) is 0.708. The predicted molar refractivity (Wildman–Crippen MR) is 86.9 cm³/mol. The summed E-state index contributed by atoms with van der Waals surface area (Å²) >= 11 is 0. The Morgan fingerprint density at radius 2 is 2.00 bits per heavy atom. The zero-order chi connectivity index (χ0) is 18.5. The van der Waals surface area contributed by atoms with Crippen molar-refractivity contribution in [3.63, 3.8) is 0 Å². The molecule has 0 aliphatic carbocycles. The van der Waals surface area contributed by atoms with Gasteiger partial charge in [-0.25, -0.2) is 14.2 Å². The Labute approximate surface area is 145 Å². The van der Waals surface area contributed by atoms with Gasteiger partial charge < -0.3 is 4.90 Å². The molecule has 0 unspecified atom stereocenters. The molecule has 0 N–H and O–H groups in total. The molecule has 0 bridgehead atoms. The van der Waals surface area contributed by atoms with Crippen LogP contribution >= 0.6 is 0 Å². The van der Waals surface area contributed by atoms with Crippen molar-refractivity contribution in [3.05, 3.63) is 52.3 Å². The SMILES string of the molecule is Cc1cc2c(N3CC(Cn4nc(C(F)(F)F)ccc4=O)C3)nccn2n1. The number of hydrogen-bond acceptors (Lipinski definition) is 5. The van der Waals surface area contributed by atoms with E-state index in [1.807, 2.05) is 17.9 Å². The second-order valence-electron chi connectivity index (χ2n) is 6.37. The summed E-state index contributed by atoms with van der Waals surface area (Å²) in [6.45, 7) is 3.20. The summed E-state index contributed by atoms with van der Waals surface area (Å²) in [6, 6.07) is 3.54. The van der Waals surface area contributed by atoms with Crippen molar-refractivity contribution >= 4 is 11.3 Å². The zero-order valence-electron chi connectivity index (χ0n) is 13.8. The number of aromatic nitrogens is 5. The van der Waals surface area contributed by atoms with Crippen molar-refractivity contribution in [2.24, 2.45) is 5.92 Å². The molecule has 1 fully saturated rings. The maximum absolute atomic E-state index is 12.8. The minimum Gasteiger partial charge on any atom is -0.354 e. The van der Waals surface area contributed by atoms with Gasteiger partial charge in [-0.1, -0.05) is 0 Å². The largest absolute Gasteiger partial charge is 0.435 e. The molecule has 4 rings (SSSR count). The van der Waals surface area contributed by atoms with Crippen LogP contribution < -0.4 is 10.5 Å². The molecule has 1 aliphatic heterocycles. The van der Waals surface area contributed by atoms with Crippen LogP contribution in [-0.2, 0) is 12.7 Å². The van der Waals surface area contributed by atoms with E-state index in [1.165, 1.54) is 0 Å². The lowest BCUT2D eigenvalue weighted by atomic mass is 10.00. The minimum absolute atomic E-state index is 0.0229. The number of hydrogen-bond donors (Lipinski definition) is 0. The van der Waals surface area contributed by atoms with Crippen molar-refractivity contribution in [2.75, 3.05) is 18.0 Å². The number of halogens is 3. The van der Waals surface area contributed by atoms with Gasteiger partial charge in [0.25, 0.3) is 5.56 Å². The molecule has 136 valence electrons. The first-order valence-electron chi connectivity index (χ1n) is 8.02. The first kappa shape index (κ1) is 16.6. The lowest BCUT2D eigenvalue weighted by Crippen LogP contribution is -2.50. The van der Waals surface area contributed by atoms with E-state index in [0.29, 0.717) is 19.2 Å². The Kier molecular flexibility index (Phi) is 3.70. The van der Waals surface area contributed by atoms with Gasteiger partial charge in [-0.05, 0) is 19.1 Å². The van der Waals surface area contributed by atoms with Crippen molar-refractivity contribution < 1.29 is 13.2 Å². The van der Waals surface area contributed by atoms with Crippen molar-refractivity contribution in [3.8, 4) is 0 Å². The van der Waals surface area contributed by atoms with Gasteiger partial charge in [0.1, 0.15) is 5.52 Å². The van der Waals surface area contributed by atoms with Gasteiger partial charge in [0.15, 0.2) is 11.5 Å². The van der Waals surface area contributed by atoms with Crippen LogP contribution in [0, 0.1) is 12.8 Å². The zero-order valence-corrected chi connectivity index (χ0v) is 13.8. The summed E-state index contributed by atoms with van der Waals surface area (Å²) in [4.78, 5) is 18.2. The normalized spacial score (nSPS) is 15.5. The van der Waals surface area contributed by atoms with E-state index in [1.54, 1.807) is 16.9 Å². The Bertz CT molecular complexity index is 1020. The number of anilines is 1. The van der Waals surface area contributed by atoms with E-state index in [2.05, 4.69) is 15.2 Å². The predicted octanol–water partition coefficient (Wildman–Crippen LogP) is 1.75.